The Morgan fingerprint density at radius 1 is 1.04 bits per heavy atom. The first-order valence-electron chi connectivity index (χ1n) is 10.4. The number of allylic oxidation sites excluding steroid dienone is 1. The molecule has 3 heteroatoms. The SMILES string of the molecule is C[C@]12CC[C@H]3[C@H](CC=C4CC5(CC[C@@]43C)OCCO5)[C@@H]1CC[C@@H]2C#N. The lowest BCUT2D eigenvalue weighted by molar-refractivity contribution is -0.185. The van der Waals surface area contributed by atoms with E-state index in [2.05, 4.69) is 26.0 Å². The van der Waals surface area contributed by atoms with Crippen LogP contribution in [0.2, 0.25) is 0 Å². The lowest BCUT2D eigenvalue weighted by Crippen LogP contribution is -2.52. The van der Waals surface area contributed by atoms with Crippen LogP contribution in [0, 0.1) is 45.8 Å². The second-order valence-corrected chi connectivity index (χ2v) is 9.85. The highest BCUT2D eigenvalue weighted by atomic mass is 16.7. The Bertz CT molecular complexity index is 643. The van der Waals surface area contributed by atoms with Crippen molar-refractivity contribution in [2.24, 2.45) is 34.5 Å². The van der Waals surface area contributed by atoms with Crippen LogP contribution in [0.3, 0.4) is 0 Å². The molecular formula is C22H31NO2. The zero-order valence-corrected chi connectivity index (χ0v) is 15.7. The summed E-state index contributed by atoms with van der Waals surface area (Å²) in [5, 5.41) is 9.63. The van der Waals surface area contributed by atoms with Gasteiger partial charge in [0.1, 0.15) is 0 Å². The van der Waals surface area contributed by atoms with Gasteiger partial charge in [-0.15, -0.1) is 0 Å². The quantitative estimate of drug-likeness (QED) is 0.593. The maximum absolute atomic E-state index is 9.63. The van der Waals surface area contributed by atoms with E-state index in [1.807, 2.05) is 0 Å². The minimum absolute atomic E-state index is 0.269. The minimum atomic E-state index is -0.305. The van der Waals surface area contributed by atoms with Crippen LogP contribution >= 0.6 is 0 Å². The fourth-order valence-corrected chi connectivity index (χ4v) is 7.56. The van der Waals surface area contributed by atoms with Crippen LogP contribution in [0.15, 0.2) is 11.6 Å². The Hall–Kier alpha value is -0.850. The molecule has 5 rings (SSSR count). The zero-order chi connectivity index (χ0) is 17.3. The van der Waals surface area contributed by atoms with Crippen LogP contribution in [-0.2, 0) is 9.47 Å². The van der Waals surface area contributed by atoms with E-state index in [9.17, 15) is 5.26 Å². The maximum atomic E-state index is 9.63. The second-order valence-electron chi connectivity index (χ2n) is 9.85. The van der Waals surface area contributed by atoms with E-state index in [0.717, 1.165) is 50.2 Å². The van der Waals surface area contributed by atoms with Gasteiger partial charge in [0, 0.05) is 12.8 Å². The zero-order valence-electron chi connectivity index (χ0n) is 15.7. The van der Waals surface area contributed by atoms with Crippen LogP contribution in [-0.4, -0.2) is 19.0 Å². The molecule has 0 unspecified atom stereocenters. The molecule has 4 fully saturated rings. The van der Waals surface area contributed by atoms with Crippen molar-refractivity contribution in [3.05, 3.63) is 11.6 Å². The molecule has 0 N–H and O–H groups in total. The molecule has 0 aromatic rings. The summed E-state index contributed by atoms with van der Waals surface area (Å²) >= 11 is 0. The third-order valence-electron chi connectivity index (χ3n) is 9.08. The molecule has 1 saturated heterocycles. The van der Waals surface area contributed by atoms with Crippen molar-refractivity contribution in [1.29, 1.82) is 5.26 Å². The van der Waals surface area contributed by atoms with Gasteiger partial charge in [-0.25, -0.2) is 0 Å². The average Bonchev–Trinajstić information content (AvgIpc) is 3.19. The van der Waals surface area contributed by atoms with Gasteiger partial charge < -0.3 is 9.47 Å². The second kappa shape index (κ2) is 5.33. The molecular weight excluding hydrogens is 310 g/mol. The molecule has 1 heterocycles. The molecule has 136 valence electrons. The topological polar surface area (TPSA) is 42.2 Å². The lowest BCUT2D eigenvalue weighted by Gasteiger charge is -2.58. The van der Waals surface area contributed by atoms with E-state index in [4.69, 9.17) is 9.47 Å². The van der Waals surface area contributed by atoms with Crippen LogP contribution < -0.4 is 0 Å². The summed E-state index contributed by atoms with van der Waals surface area (Å²) in [5.41, 5.74) is 2.21. The van der Waals surface area contributed by atoms with E-state index in [-0.39, 0.29) is 17.1 Å². The number of nitriles is 1. The average molecular weight is 341 g/mol. The van der Waals surface area contributed by atoms with Gasteiger partial charge in [-0.1, -0.05) is 25.5 Å². The smallest absolute Gasteiger partial charge is 0.172 e. The van der Waals surface area contributed by atoms with Gasteiger partial charge >= 0.3 is 0 Å². The molecule has 0 radical (unpaired) electrons. The molecule has 0 aromatic carbocycles. The van der Waals surface area contributed by atoms with Crippen molar-refractivity contribution in [2.45, 2.75) is 71.0 Å². The molecule has 25 heavy (non-hydrogen) atoms. The predicted octanol–water partition coefficient (Wildman–Crippen LogP) is 4.83. The number of ether oxygens (including phenoxy) is 2. The molecule has 6 atom stereocenters. The van der Waals surface area contributed by atoms with E-state index in [0.29, 0.717) is 5.41 Å². The van der Waals surface area contributed by atoms with Crippen LogP contribution in [0.4, 0.5) is 0 Å². The number of nitrogens with zero attached hydrogens (tertiary/aromatic N) is 1. The van der Waals surface area contributed by atoms with Gasteiger partial charge in [0.05, 0.1) is 25.2 Å². The number of hydrogen-bond acceptors (Lipinski definition) is 3. The Balaban J connectivity index is 1.45. The summed E-state index contributed by atoms with van der Waals surface area (Å²) in [6, 6.07) is 2.65. The van der Waals surface area contributed by atoms with Crippen LogP contribution in [0.1, 0.15) is 65.2 Å². The molecule has 0 aromatic heterocycles. The molecule has 1 spiro atoms. The molecule has 0 amide bonds. The van der Waals surface area contributed by atoms with Crippen LogP contribution in [0.5, 0.6) is 0 Å². The summed E-state index contributed by atoms with van der Waals surface area (Å²) in [5.74, 6) is 2.31. The largest absolute Gasteiger partial charge is 0.347 e. The van der Waals surface area contributed by atoms with Crippen molar-refractivity contribution in [3.8, 4) is 6.07 Å². The van der Waals surface area contributed by atoms with E-state index in [1.165, 1.54) is 32.1 Å². The summed E-state index contributed by atoms with van der Waals surface area (Å²) in [6.07, 6.45) is 11.9. The maximum Gasteiger partial charge on any atom is 0.172 e. The monoisotopic (exact) mass is 341 g/mol. The van der Waals surface area contributed by atoms with Gasteiger partial charge in [0.15, 0.2) is 5.79 Å². The Labute approximate surface area is 151 Å². The van der Waals surface area contributed by atoms with Gasteiger partial charge in [0.2, 0.25) is 0 Å². The molecule has 3 saturated carbocycles. The molecule has 5 aliphatic rings. The van der Waals surface area contributed by atoms with Crippen LogP contribution in [0.25, 0.3) is 0 Å². The molecule has 1 aliphatic heterocycles. The highest BCUT2D eigenvalue weighted by Crippen LogP contribution is 2.66. The molecule has 3 nitrogen and oxygen atoms in total. The van der Waals surface area contributed by atoms with Gasteiger partial charge in [0.25, 0.3) is 0 Å². The van der Waals surface area contributed by atoms with E-state index < -0.39 is 0 Å². The highest BCUT2D eigenvalue weighted by molar-refractivity contribution is 5.27. The van der Waals surface area contributed by atoms with Crippen molar-refractivity contribution in [3.63, 3.8) is 0 Å². The first-order chi connectivity index (χ1) is 12.0. The Morgan fingerprint density at radius 2 is 1.84 bits per heavy atom. The number of rotatable bonds is 0. The van der Waals surface area contributed by atoms with Crippen molar-refractivity contribution >= 4 is 0 Å². The first-order valence-corrected chi connectivity index (χ1v) is 10.4. The fourth-order valence-electron chi connectivity index (χ4n) is 7.56. The lowest BCUT2D eigenvalue weighted by atomic mass is 9.47. The number of hydrogen-bond donors (Lipinski definition) is 0. The highest BCUT2D eigenvalue weighted by Gasteiger charge is 2.60. The third-order valence-corrected chi connectivity index (χ3v) is 9.08. The minimum Gasteiger partial charge on any atom is -0.347 e. The van der Waals surface area contributed by atoms with E-state index >= 15 is 0 Å². The predicted molar refractivity (Wildman–Crippen MR) is 95.4 cm³/mol. The summed E-state index contributed by atoms with van der Waals surface area (Å²) in [4.78, 5) is 0. The summed E-state index contributed by atoms with van der Waals surface area (Å²) in [6.45, 7) is 6.46. The normalized spacial score (nSPS) is 50.5. The summed E-state index contributed by atoms with van der Waals surface area (Å²) < 4.78 is 12.1. The first kappa shape index (κ1) is 16.3. The van der Waals surface area contributed by atoms with Gasteiger partial charge in [-0.3, -0.25) is 0 Å². The van der Waals surface area contributed by atoms with Crippen molar-refractivity contribution in [1.82, 2.24) is 0 Å². The molecule has 4 aliphatic carbocycles. The fraction of sp³-hybridized carbons (Fsp3) is 0.864. The van der Waals surface area contributed by atoms with E-state index in [1.54, 1.807) is 5.57 Å². The summed E-state index contributed by atoms with van der Waals surface area (Å²) in [7, 11) is 0. The number of fused-ring (bicyclic) bond motifs is 5. The Kier molecular flexibility index (Phi) is 3.48. The molecule has 0 bridgehead atoms. The third kappa shape index (κ3) is 2.10. The van der Waals surface area contributed by atoms with Gasteiger partial charge in [-0.05, 0) is 67.1 Å². The standard InChI is InChI=1S/C22H31NO2/c1-20-8-7-19-17(18(20)6-4-16(20)14-23)5-3-15-13-22(24-11-12-25-22)10-9-21(15,19)2/h3,16-19H,4-13H2,1-2H3/t16-,17-,18+,19+,20-,21+/m1/s1. The van der Waals surface area contributed by atoms with Crippen molar-refractivity contribution < 1.29 is 9.47 Å². The van der Waals surface area contributed by atoms with Crippen molar-refractivity contribution in [2.75, 3.05) is 13.2 Å². The van der Waals surface area contributed by atoms with Gasteiger partial charge in [-0.2, -0.15) is 5.26 Å². The Morgan fingerprint density at radius 3 is 2.60 bits per heavy atom.